The Bertz CT molecular complexity index is 306. The molecule has 0 aliphatic heterocycles. The van der Waals surface area contributed by atoms with E-state index in [0.29, 0.717) is 13.2 Å². The number of ketones is 2. The number of esters is 2. The van der Waals surface area contributed by atoms with E-state index in [-0.39, 0.29) is 24.4 Å². The summed E-state index contributed by atoms with van der Waals surface area (Å²) in [5, 5.41) is 0. The van der Waals surface area contributed by atoms with Crippen LogP contribution in [0.2, 0.25) is 4.22 Å². The van der Waals surface area contributed by atoms with Crippen LogP contribution < -0.4 is 0 Å². The molecule has 0 amide bonds. The van der Waals surface area contributed by atoms with E-state index in [9.17, 15) is 19.2 Å². The number of carbonyl (C=O) groups is 4. The van der Waals surface area contributed by atoms with Crippen LogP contribution in [0.15, 0.2) is 0 Å². The second-order valence-electron chi connectivity index (χ2n) is 4.52. The molecule has 0 aromatic carbocycles. The summed E-state index contributed by atoms with van der Waals surface area (Å²) >= 11 is 2.17. The Kier molecular flexibility index (Phi) is 21.3. The third-order valence-electron chi connectivity index (χ3n) is 1.40. The van der Waals surface area contributed by atoms with Crippen molar-refractivity contribution in [3.63, 3.8) is 0 Å². The summed E-state index contributed by atoms with van der Waals surface area (Å²) in [5.74, 6) is -1.20. The first-order valence-corrected chi connectivity index (χ1v) is 7.98. The Balaban J connectivity index is -0.000000266. The molecule has 0 rings (SSSR count). The van der Waals surface area contributed by atoms with Gasteiger partial charge in [0.1, 0.15) is 24.4 Å². The Morgan fingerprint density at radius 3 is 1.18 bits per heavy atom. The summed E-state index contributed by atoms with van der Waals surface area (Å²) in [4.78, 5) is 41.3. The predicted octanol–water partition coefficient (Wildman–Crippen LogP) is 2.42. The van der Waals surface area contributed by atoms with E-state index >= 15 is 0 Å². The predicted molar refractivity (Wildman–Crippen MR) is 79.0 cm³/mol. The van der Waals surface area contributed by atoms with E-state index in [1.165, 1.54) is 13.8 Å². The van der Waals surface area contributed by atoms with Crippen molar-refractivity contribution in [2.45, 2.75) is 58.6 Å². The third kappa shape index (κ3) is 36.4. The average Bonchev–Trinajstić information content (AvgIpc) is 2.26. The maximum atomic E-state index is 10.4. The van der Waals surface area contributed by atoms with Crippen LogP contribution in [-0.2, 0) is 49.1 Å². The fourth-order valence-electron chi connectivity index (χ4n) is 0.831. The molecule has 0 aromatic rings. The molecular weight excluding hydrogens is 324 g/mol. The van der Waals surface area contributed by atoms with Crippen LogP contribution in [0, 0.1) is 0 Å². The van der Waals surface area contributed by atoms with Crippen LogP contribution in [0.1, 0.15) is 54.4 Å². The molecule has 0 aliphatic rings. The number of ether oxygens (including phenoxy) is 2. The van der Waals surface area contributed by atoms with E-state index in [2.05, 4.69) is 43.8 Å². The van der Waals surface area contributed by atoms with Gasteiger partial charge in [0.15, 0.2) is 0 Å². The van der Waals surface area contributed by atoms with E-state index in [4.69, 9.17) is 0 Å². The first-order chi connectivity index (χ1) is 10.1. The van der Waals surface area contributed by atoms with Crippen LogP contribution >= 0.6 is 0 Å². The molecule has 0 heterocycles. The molecule has 0 bridgehead atoms. The SMILES string of the molecule is CCOC(=O)CC(C)=O.CCOC(=O)CC(C)=O.C[CH](C)[Ti]. The van der Waals surface area contributed by atoms with Crippen LogP contribution in [0.5, 0.6) is 0 Å². The molecule has 0 aromatic heterocycles. The number of hydrogen-bond acceptors (Lipinski definition) is 6. The van der Waals surface area contributed by atoms with Gasteiger partial charge in [-0.1, -0.05) is 0 Å². The second kappa shape index (κ2) is 18.0. The third-order valence-corrected chi connectivity index (χ3v) is 1.40. The zero-order valence-corrected chi connectivity index (χ0v) is 15.9. The van der Waals surface area contributed by atoms with Gasteiger partial charge in [-0.25, -0.2) is 0 Å². The molecule has 0 unspecified atom stereocenters. The molecule has 0 fully saturated rings. The average molecular weight is 351 g/mol. The fraction of sp³-hybridized carbons (Fsp3) is 0.733. The fourth-order valence-corrected chi connectivity index (χ4v) is 0.831. The molecule has 7 heteroatoms. The summed E-state index contributed by atoms with van der Waals surface area (Å²) in [7, 11) is 0. The molecule has 6 nitrogen and oxygen atoms in total. The molecule has 0 atom stereocenters. The number of Topliss-reactive ketones (excluding diaryl/α,β-unsaturated/α-hetero) is 2. The van der Waals surface area contributed by atoms with Crippen molar-refractivity contribution in [3.8, 4) is 0 Å². The topological polar surface area (TPSA) is 86.7 Å². The summed E-state index contributed by atoms with van der Waals surface area (Å²) < 4.78 is 9.82. The number of carbonyl (C=O) groups excluding carboxylic acids is 4. The zero-order valence-electron chi connectivity index (χ0n) is 14.4. The van der Waals surface area contributed by atoms with Gasteiger partial charge in [-0.3, -0.25) is 19.2 Å². The van der Waals surface area contributed by atoms with Gasteiger partial charge in [0.25, 0.3) is 0 Å². The second-order valence-corrected chi connectivity index (χ2v) is 6.33. The normalized spacial score (nSPS) is 8.64. The molecule has 0 N–H and O–H groups in total. The monoisotopic (exact) mass is 351 g/mol. The standard InChI is InChI=1S/2C6H10O3.C3H7.Ti/c2*1-3-9-6(8)4-5(2)7;1-3-2;/h2*3-4H2,1-2H3;3H,1-2H3;. The first-order valence-electron chi connectivity index (χ1n) is 7.07. The van der Waals surface area contributed by atoms with Gasteiger partial charge in [0.05, 0.1) is 13.2 Å². The summed E-state index contributed by atoms with van der Waals surface area (Å²) in [6.45, 7) is 11.1. The summed E-state index contributed by atoms with van der Waals surface area (Å²) in [6.07, 6.45) is -0.207. The van der Waals surface area contributed by atoms with Crippen LogP contribution in [0.25, 0.3) is 0 Å². The van der Waals surface area contributed by atoms with Crippen molar-refractivity contribution in [1.82, 2.24) is 0 Å². The van der Waals surface area contributed by atoms with Crippen LogP contribution in [0.4, 0.5) is 0 Å². The molecule has 0 saturated heterocycles. The minimum absolute atomic E-state index is 0.103. The first kappa shape index (κ1) is 25.9. The van der Waals surface area contributed by atoms with Gasteiger partial charge < -0.3 is 9.47 Å². The van der Waals surface area contributed by atoms with Crippen molar-refractivity contribution in [3.05, 3.63) is 0 Å². The minimum atomic E-state index is -0.440. The van der Waals surface area contributed by atoms with Crippen LogP contribution in [0.3, 0.4) is 0 Å². The Hall–Kier alpha value is -1.01. The van der Waals surface area contributed by atoms with Crippen molar-refractivity contribution in [2.75, 3.05) is 13.2 Å². The molecule has 0 saturated carbocycles. The van der Waals surface area contributed by atoms with Crippen molar-refractivity contribution >= 4 is 23.5 Å². The van der Waals surface area contributed by atoms with Gasteiger partial charge >= 0.3 is 50.4 Å². The van der Waals surface area contributed by atoms with Gasteiger partial charge in [-0.2, -0.15) is 0 Å². The van der Waals surface area contributed by atoms with Crippen molar-refractivity contribution < 1.29 is 49.1 Å². The molecular formula is C15H27O6Ti. The summed E-state index contributed by atoms with van der Waals surface area (Å²) in [5.41, 5.74) is 0. The van der Waals surface area contributed by atoms with E-state index in [1.54, 1.807) is 13.8 Å². The molecule has 0 spiro atoms. The Morgan fingerprint density at radius 1 is 0.818 bits per heavy atom. The van der Waals surface area contributed by atoms with Crippen molar-refractivity contribution in [2.24, 2.45) is 0 Å². The van der Waals surface area contributed by atoms with Gasteiger partial charge in [0, 0.05) is 0 Å². The van der Waals surface area contributed by atoms with E-state index in [0.717, 1.165) is 4.22 Å². The Labute approximate surface area is 144 Å². The molecule has 0 radical (unpaired) electrons. The van der Waals surface area contributed by atoms with Gasteiger partial charge in [0.2, 0.25) is 0 Å². The van der Waals surface area contributed by atoms with Gasteiger partial charge in [-0.15, -0.1) is 0 Å². The quantitative estimate of drug-likeness (QED) is 0.415. The van der Waals surface area contributed by atoms with Crippen LogP contribution in [-0.4, -0.2) is 36.7 Å². The Morgan fingerprint density at radius 2 is 1.05 bits per heavy atom. The number of hydrogen-bond donors (Lipinski definition) is 0. The van der Waals surface area contributed by atoms with Gasteiger partial charge in [-0.05, 0) is 27.7 Å². The summed E-state index contributed by atoms with van der Waals surface area (Å²) in [6, 6.07) is 0. The zero-order chi connectivity index (χ0) is 18.1. The van der Waals surface area contributed by atoms with Crippen molar-refractivity contribution in [1.29, 1.82) is 0 Å². The van der Waals surface area contributed by atoms with E-state index in [1.807, 2.05) is 0 Å². The molecule has 0 aliphatic carbocycles. The van der Waals surface area contributed by atoms with E-state index < -0.39 is 11.9 Å². The maximum absolute atomic E-state index is 10.4. The molecule has 22 heavy (non-hydrogen) atoms. The molecule has 127 valence electrons. The number of rotatable bonds is 6.